The topological polar surface area (TPSA) is 37.4 Å². The zero-order valence-electron chi connectivity index (χ0n) is 6.91. The van der Waals surface area contributed by atoms with Crippen molar-refractivity contribution in [1.29, 1.82) is 0 Å². The van der Waals surface area contributed by atoms with Crippen molar-refractivity contribution in [2.45, 2.75) is 13.8 Å². The molecule has 0 rings (SSSR count). The molecule has 0 aromatic heterocycles. The number of hydrogen-bond donors (Lipinski definition) is 0. The van der Waals surface area contributed by atoms with E-state index >= 15 is 0 Å². The molecule has 1 amide bonds. The molecule has 62 valence electrons. The molecule has 3 heteroatoms. The van der Waals surface area contributed by atoms with Crippen molar-refractivity contribution in [2.24, 2.45) is 0 Å². The summed E-state index contributed by atoms with van der Waals surface area (Å²) in [5.74, 6) is -0.109. The normalized spacial score (nSPS) is 10.0. The highest BCUT2D eigenvalue weighted by molar-refractivity contribution is 5.88. The summed E-state index contributed by atoms with van der Waals surface area (Å²) in [6, 6.07) is 0. The van der Waals surface area contributed by atoms with Crippen molar-refractivity contribution in [3.8, 4) is 0 Å². The fourth-order valence-electron chi connectivity index (χ4n) is 0.713. The second-order valence-electron chi connectivity index (χ2n) is 2.04. The zero-order valence-corrected chi connectivity index (χ0v) is 6.91. The largest absolute Gasteiger partial charge is 0.332 e. The third-order valence-electron chi connectivity index (χ3n) is 1.30. The van der Waals surface area contributed by atoms with Crippen LogP contribution < -0.4 is 0 Å². The number of allylic oxidation sites excluding steroid dienone is 1. The fourth-order valence-corrected chi connectivity index (χ4v) is 0.713. The Morgan fingerprint density at radius 3 is 2.55 bits per heavy atom. The summed E-state index contributed by atoms with van der Waals surface area (Å²) in [5, 5.41) is 0. The van der Waals surface area contributed by atoms with Crippen LogP contribution in [0.3, 0.4) is 0 Å². The van der Waals surface area contributed by atoms with E-state index in [1.54, 1.807) is 13.0 Å². The Morgan fingerprint density at radius 2 is 2.18 bits per heavy atom. The van der Waals surface area contributed by atoms with Crippen molar-refractivity contribution in [3.63, 3.8) is 0 Å². The van der Waals surface area contributed by atoms with Gasteiger partial charge in [0.15, 0.2) is 0 Å². The highest BCUT2D eigenvalue weighted by Gasteiger charge is 2.05. The van der Waals surface area contributed by atoms with Gasteiger partial charge in [-0.2, -0.15) is 0 Å². The van der Waals surface area contributed by atoms with Crippen molar-refractivity contribution < 1.29 is 9.59 Å². The number of amides is 1. The molecule has 0 unspecified atom stereocenters. The van der Waals surface area contributed by atoms with Gasteiger partial charge in [-0.1, -0.05) is 6.08 Å². The first-order chi connectivity index (χ1) is 5.26. The molecule has 0 N–H and O–H groups in total. The first-order valence-electron chi connectivity index (χ1n) is 3.61. The van der Waals surface area contributed by atoms with Gasteiger partial charge in [-0.25, -0.2) is 0 Å². The van der Waals surface area contributed by atoms with Crippen molar-refractivity contribution in [2.75, 3.05) is 13.1 Å². The third-order valence-corrected chi connectivity index (χ3v) is 1.30. The molecule has 0 aliphatic rings. The third kappa shape index (κ3) is 3.55. The Balaban J connectivity index is 4.01. The maximum absolute atomic E-state index is 11.0. The average Bonchev–Trinajstić information content (AvgIpc) is 2.00. The molecule has 0 aliphatic heterocycles. The molecule has 0 aromatic rings. The van der Waals surface area contributed by atoms with Gasteiger partial charge in [-0.3, -0.25) is 4.79 Å². The lowest BCUT2D eigenvalue weighted by Crippen LogP contribution is -2.30. The van der Waals surface area contributed by atoms with Gasteiger partial charge in [-0.05, 0) is 19.9 Å². The van der Waals surface area contributed by atoms with Crippen LogP contribution in [0.5, 0.6) is 0 Å². The van der Waals surface area contributed by atoms with Gasteiger partial charge in [0, 0.05) is 6.54 Å². The number of carbonyl (C=O) groups excluding carboxylic acids is 2. The Kier molecular flexibility index (Phi) is 5.07. The molecule has 0 spiro atoms. The van der Waals surface area contributed by atoms with Crippen molar-refractivity contribution in [3.05, 3.63) is 12.2 Å². The smallest absolute Gasteiger partial charge is 0.246 e. The van der Waals surface area contributed by atoms with Crippen molar-refractivity contribution in [1.82, 2.24) is 4.90 Å². The van der Waals surface area contributed by atoms with E-state index in [4.69, 9.17) is 0 Å². The molecule has 0 saturated carbocycles. The Morgan fingerprint density at radius 1 is 1.55 bits per heavy atom. The van der Waals surface area contributed by atoms with Gasteiger partial charge in [0.25, 0.3) is 0 Å². The molecule has 11 heavy (non-hydrogen) atoms. The molecule has 0 heterocycles. The minimum absolute atomic E-state index is 0.109. The molecule has 0 bridgehead atoms. The summed E-state index contributed by atoms with van der Waals surface area (Å²) in [6.45, 7) is 4.36. The number of carbonyl (C=O) groups is 2. The molecule has 0 fully saturated rings. The number of rotatable bonds is 4. The Bertz CT molecular complexity index is 163. The molecule has 0 aromatic carbocycles. The van der Waals surface area contributed by atoms with Crippen LogP contribution in [0, 0.1) is 0 Å². The van der Waals surface area contributed by atoms with Gasteiger partial charge in [0.1, 0.15) is 6.29 Å². The summed E-state index contributed by atoms with van der Waals surface area (Å²) < 4.78 is 0. The number of aldehydes is 1. The van der Waals surface area contributed by atoms with E-state index in [1.807, 2.05) is 6.92 Å². The van der Waals surface area contributed by atoms with E-state index in [0.29, 0.717) is 6.54 Å². The fraction of sp³-hybridized carbons (Fsp3) is 0.500. The van der Waals surface area contributed by atoms with Gasteiger partial charge in [0.2, 0.25) is 5.91 Å². The predicted octanol–water partition coefficient (Wildman–Crippen LogP) is 0.610. The molecular formula is C8H13NO2. The molecule has 0 saturated heterocycles. The standard InChI is InChI=1S/C8H13NO2/c1-3-5-8(11)9(4-2)6-7-10/h3,5,7H,4,6H2,1-2H3/b5-3+. The lowest BCUT2D eigenvalue weighted by Gasteiger charge is -2.14. The minimum Gasteiger partial charge on any atom is -0.332 e. The molecule has 3 nitrogen and oxygen atoms in total. The molecule has 0 atom stereocenters. The van der Waals surface area contributed by atoms with Gasteiger partial charge >= 0.3 is 0 Å². The van der Waals surface area contributed by atoms with E-state index in [9.17, 15) is 9.59 Å². The monoisotopic (exact) mass is 155 g/mol. The van der Waals surface area contributed by atoms with Crippen LogP contribution in [0.25, 0.3) is 0 Å². The van der Waals surface area contributed by atoms with Crippen LogP contribution in [0.15, 0.2) is 12.2 Å². The van der Waals surface area contributed by atoms with E-state index < -0.39 is 0 Å². The first-order valence-corrected chi connectivity index (χ1v) is 3.61. The second-order valence-corrected chi connectivity index (χ2v) is 2.04. The number of hydrogen-bond acceptors (Lipinski definition) is 2. The average molecular weight is 155 g/mol. The molecule has 0 aliphatic carbocycles. The van der Waals surface area contributed by atoms with Gasteiger partial charge < -0.3 is 9.69 Å². The Hall–Kier alpha value is -1.12. The van der Waals surface area contributed by atoms with Crippen LogP contribution in [-0.4, -0.2) is 30.2 Å². The summed E-state index contributed by atoms with van der Waals surface area (Å²) >= 11 is 0. The van der Waals surface area contributed by atoms with E-state index in [2.05, 4.69) is 0 Å². The molecular weight excluding hydrogens is 142 g/mol. The lowest BCUT2D eigenvalue weighted by atomic mass is 10.4. The quantitative estimate of drug-likeness (QED) is 0.440. The van der Waals surface area contributed by atoms with E-state index in [-0.39, 0.29) is 12.5 Å². The summed E-state index contributed by atoms with van der Waals surface area (Å²) in [4.78, 5) is 22.6. The minimum atomic E-state index is -0.109. The summed E-state index contributed by atoms with van der Waals surface area (Å²) in [6.07, 6.45) is 3.84. The van der Waals surface area contributed by atoms with Crippen molar-refractivity contribution >= 4 is 12.2 Å². The summed E-state index contributed by atoms with van der Waals surface area (Å²) in [7, 11) is 0. The number of likely N-dealkylation sites (N-methyl/N-ethyl adjacent to an activating group) is 1. The second kappa shape index (κ2) is 5.65. The SMILES string of the molecule is C/C=C/C(=O)N(CC)CC=O. The summed E-state index contributed by atoms with van der Waals surface area (Å²) in [5.41, 5.74) is 0. The maximum atomic E-state index is 11.0. The lowest BCUT2D eigenvalue weighted by molar-refractivity contribution is -0.128. The van der Waals surface area contributed by atoms with Crippen LogP contribution in [-0.2, 0) is 9.59 Å². The number of nitrogens with zero attached hydrogens (tertiary/aromatic N) is 1. The highest BCUT2D eigenvalue weighted by Crippen LogP contribution is 1.88. The van der Waals surface area contributed by atoms with Gasteiger partial charge in [-0.15, -0.1) is 0 Å². The van der Waals surface area contributed by atoms with E-state index in [0.717, 1.165) is 6.29 Å². The highest BCUT2D eigenvalue weighted by atomic mass is 16.2. The van der Waals surface area contributed by atoms with E-state index in [1.165, 1.54) is 11.0 Å². The van der Waals surface area contributed by atoms with Crippen LogP contribution in [0.1, 0.15) is 13.8 Å². The predicted molar refractivity (Wildman–Crippen MR) is 43.1 cm³/mol. The zero-order chi connectivity index (χ0) is 8.69. The van der Waals surface area contributed by atoms with Gasteiger partial charge in [0.05, 0.1) is 6.54 Å². The Labute approximate surface area is 66.7 Å². The van der Waals surface area contributed by atoms with Crippen LogP contribution in [0.2, 0.25) is 0 Å². The molecule has 0 radical (unpaired) electrons. The van der Waals surface area contributed by atoms with Crippen LogP contribution >= 0.6 is 0 Å². The van der Waals surface area contributed by atoms with Crippen LogP contribution in [0.4, 0.5) is 0 Å². The maximum Gasteiger partial charge on any atom is 0.246 e. The first kappa shape index (κ1) is 9.88.